The molecule has 0 saturated carbocycles. The van der Waals surface area contributed by atoms with Gasteiger partial charge in [-0.25, -0.2) is 0 Å². The fourth-order valence-electron chi connectivity index (χ4n) is 2.16. The third-order valence-electron chi connectivity index (χ3n) is 3.21. The van der Waals surface area contributed by atoms with Gasteiger partial charge >= 0.3 is 5.97 Å². The zero-order valence-electron chi connectivity index (χ0n) is 10.6. The van der Waals surface area contributed by atoms with Crippen molar-refractivity contribution in [1.29, 1.82) is 0 Å². The zero-order chi connectivity index (χ0) is 13.8. The third-order valence-corrected chi connectivity index (χ3v) is 3.21. The Morgan fingerprint density at radius 3 is 2.37 bits per heavy atom. The van der Waals surface area contributed by atoms with Gasteiger partial charge in [0.15, 0.2) is 0 Å². The summed E-state index contributed by atoms with van der Waals surface area (Å²) in [6.07, 6.45) is 0. The summed E-state index contributed by atoms with van der Waals surface area (Å²) in [6, 6.07) is 6.98. The fraction of sp³-hybridized carbons (Fsp3) is 0.385. The summed E-state index contributed by atoms with van der Waals surface area (Å²) in [5.41, 5.74) is 6.77. The van der Waals surface area contributed by atoms with E-state index in [9.17, 15) is 9.59 Å². The van der Waals surface area contributed by atoms with E-state index < -0.39 is 5.97 Å². The van der Waals surface area contributed by atoms with Crippen molar-refractivity contribution in [1.82, 2.24) is 9.80 Å². The van der Waals surface area contributed by atoms with E-state index in [0.717, 1.165) is 0 Å². The molecule has 6 nitrogen and oxygen atoms in total. The predicted molar refractivity (Wildman–Crippen MR) is 70.8 cm³/mol. The number of carbonyl (C=O) groups is 2. The molecule has 0 radical (unpaired) electrons. The number of nitrogen functional groups attached to an aromatic ring is 1. The van der Waals surface area contributed by atoms with E-state index in [0.29, 0.717) is 37.4 Å². The van der Waals surface area contributed by atoms with Crippen molar-refractivity contribution in [3.05, 3.63) is 29.8 Å². The van der Waals surface area contributed by atoms with Crippen molar-refractivity contribution in [3.8, 4) is 0 Å². The van der Waals surface area contributed by atoms with Gasteiger partial charge in [-0.1, -0.05) is 12.1 Å². The number of aliphatic carboxylic acids is 1. The zero-order valence-corrected chi connectivity index (χ0v) is 10.6. The molecular formula is C13H17N3O3. The molecular weight excluding hydrogens is 246 g/mol. The maximum Gasteiger partial charge on any atom is 0.317 e. The van der Waals surface area contributed by atoms with Gasteiger partial charge in [-0.3, -0.25) is 14.5 Å². The molecule has 19 heavy (non-hydrogen) atoms. The molecule has 2 rings (SSSR count). The van der Waals surface area contributed by atoms with Gasteiger partial charge in [0.2, 0.25) is 0 Å². The van der Waals surface area contributed by atoms with Gasteiger partial charge in [-0.15, -0.1) is 0 Å². The first-order chi connectivity index (χ1) is 9.08. The van der Waals surface area contributed by atoms with E-state index >= 15 is 0 Å². The van der Waals surface area contributed by atoms with Crippen molar-refractivity contribution in [2.45, 2.75) is 0 Å². The lowest BCUT2D eigenvalue weighted by Crippen LogP contribution is -2.50. The van der Waals surface area contributed by atoms with Crippen LogP contribution in [0.3, 0.4) is 0 Å². The van der Waals surface area contributed by atoms with Crippen LogP contribution >= 0.6 is 0 Å². The molecule has 1 aromatic carbocycles. The summed E-state index contributed by atoms with van der Waals surface area (Å²) >= 11 is 0. The first-order valence-corrected chi connectivity index (χ1v) is 6.16. The van der Waals surface area contributed by atoms with Crippen LogP contribution in [0, 0.1) is 0 Å². The van der Waals surface area contributed by atoms with Crippen LogP contribution in [0.1, 0.15) is 10.4 Å². The molecule has 1 amide bonds. The number of hydrogen-bond acceptors (Lipinski definition) is 4. The number of piperazine rings is 1. The molecule has 0 unspecified atom stereocenters. The molecule has 0 bridgehead atoms. The Balaban J connectivity index is 1.96. The summed E-state index contributed by atoms with van der Waals surface area (Å²) < 4.78 is 0. The normalized spacial score (nSPS) is 16.3. The van der Waals surface area contributed by atoms with Gasteiger partial charge in [0.05, 0.1) is 12.1 Å². The summed E-state index contributed by atoms with van der Waals surface area (Å²) in [6.45, 7) is 2.23. The molecule has 1 saturated heterocycles. The van der Waals surface area contributed by atoms with Crippen LogP contribution in [-0.4, -0.2) is 59.5 Å². The van der Waals surface area contributed by atoms with Crippen LogP contribution in [0.25, 0.3) is 0 Å². The van der Waals surface area contributed by atoms with E-state index in [1.54, 1.807) is 29.2 Å². The highest BCUT2D eigenvalue weighted by Gasteiger charge is 2.23. The van der Waals surface area contributed by atoms with E-state index in [1.807, 2.05) is 4.90 Å². The van der Waals surface area contributed by atoms with Crippen molar-refractivity contribution in [3.63, 3.8) is 0 Å². The number of carboxylic acids is 1. The first-order valence-electron chi connectivity index (χ1n) is 6.16. The van der Waals surface area contributed by atoms with Gasteiger partial charge < -0.3 is 15.7 Å². The largest absolute Gasteiger partial charge is 0.480 e. The molecule has 1 aliphatic heterocycles. The lowest BCUT2D eigenvalue weighted by atomic mass is 10.1. The number of carboxylic acid groups (broad SMARTS) is 1. The lowest BCUT2D eigenvalue weighted by Gasteiger charge is -2.34. The Labute approximate surface area is 111 Å². The van der Waals surface area contributed by atoms with Gasteiger partial charge in [-0.05, 0) is 12.1 Å². The fourth-order valence-corrected chi connectivity index (χ4v) is 2.16. The number of benzene rings is 1. The number of rotatable bonds is 3. The molecule has 3 N–H and O–H groups in total. The number of carbonyl (C=O) groups excluding carboxylic acids is 1. The second-order valence-electron chi connectivity index (χ2n) is 4.55. The van der Waals surface area contributed by atoms with Gasteiger partial charge in [0.1, 0.15) is 0 Å². The number of hydrogen-bond donors (Lipinski definition) is 2. The van der Waals surface area contributed by atoms with Crippen molar-refractivity contribution in [2.24, 2.45) is 0 Å². The van der Waals surface area contributed by atoms with Crippen molar-refractivity contribution >= 4 is 17.6 Å². The average Bonchev–Trinajstić information content (AvgIpc) is 2.39. The van der Waals surface area contributed by atoms with E-state index in [1.165, 1.54) is 0 Å². The van der Waals surface area contributed by atoms with E-state index in [2.05, 4.69) is 0 Å². The molecule has 0 spiro atoms. The second kappa shape index (κ2) is 5.71. The van der Waals surface area contributed by atoms with Crippen LogP contribution in [-0.2, 0) is 4.79 Å². The molecule has 6 heteroatoms. The standard InChI is InChI=1S/C13H17N3O3/c14-11-4-2-1-3-10(11)13(19)16-7-5-15(6-8-16)9-12(17)18/h1-4H,5-9,14H2,(H,17,18). The van der Waals surface area contributed by atoms with E-state index in [4.69, 9.17) is 10.8 Å². The van der Waals surface area contributed by atoms with Gasteiger partial charge in [0, 0.05) is 31.9 Å². The first kappa shape index (κ1) is 13.4. The predicted octanol–water partition coefficient (Wildman–Crippen LogP) is 0.111. The quantitative estimate of drug-likeness (QED) is 0.756. The highest BCUT2D eigenvalue weighted by atomic mass is 16.4. The highest BCUT2D eigenvalue weighted by molar-refractivity contribution is 5.99. The lowest BCUT2D eigenvalue weighted by molar-refractivity contribution is -0.138. The minimum absolute atomic E-state index is 0.0233. The summed E-state index contributed by atoms with van der Waals surface area (Å²) in [5, 5.41) is 8.72. The molecule has 0 aliphatic carbocycles. The maximum absolute atomic E-state index is 12.3. The van der Waals surface area contributed by atoms with Crippen molar-refractivity contribution < 1.29 is 14.7 Å². The number of nitrogens with zero attached hydrogens (tertiary/aromatic N) is 2. The summed E-state index contributed by atoms with van der Waals surface area (Å²) in [5.74, 6) is -0.930. The number of amides is 1. The molecule has 0 atom stereocenters. The number of para-hydroxylation sites is 1. The third kappa shape index (κ3) is 3.23. The molecule has 1 aliphatic rings. The molecule has 102 valence electrons. The summed E-state index contributed by atoms with van der Waals surface area (Å²) in [7, 11) is 0. The minimum Gasteiger partial charge on any atom is -0.480 e. The molecule has 0 aromatic heterocycles. The van der Waals surface area contributed by atoms with Gasteiger partial charge in [0.25, 0.3) is 5.91 Å². The number of nitrogens with two attached hydrogens (primary N) is 1. The Morgan fingerprint density at radius 2 is 1.79 bits per heavy atom. The van der Waals surface area contributed by atoms with Crippen LogP contribution < -0.4 is 5.73 Å². The Bertz CT molecular complexity index is 482. The molecule has 1 aromatic rings. The highest BCUT2D eigenvalue weighted by Crippen LogP contribution is 2.14. The maximum atomic E-state index is 12.3. The van der Waals surface area contributed by atoms with Crippen LogP contribution in [0.2, 0.25) is 0 Å². The Kier molecular flexibility index (Phi) is 4.01. The SMILES string of the molecule is Nc1ccccc1C(=O)N1CCN(CC(=O)O)CC1. The number of anilines is 1. The smallest absolute Gasteiger partial charge is 0.317 e. The van der Waals surface area contributed by atoms with Gasteiger partial charge in [-0.2, -0.15) is 0 Å². The Morgan fingerprint density at radius 1 is 1.16 bits per heavy atom. The monoisotopic (exact) mass is 263 g/mol. The second-order valence-corrected chi connectivity index (χ2v) is 4.55. The Hall–Kier alpha value is -2.08. The molecule has 1 fully saturated rings. The summed E-state index contributed by atoms with van der Waals surface area (Å²) in [4.78, 5) is 26.4. The minimum atomic E-state index is -0.841. The van der Waals surface area contributed by atoms with Crippen LogP contribution in [0.4, 0.5) is 5.69 Å². The van der Waals surface area contributed by atoms with Crippen LogP contribution in [0.15, 0.2) is 24.3 Å². The topological polar surface area (TPSA) is 86.9 Å². The average molecular weight is 263 g/mol. The van der Waals surface area contributed by atoms with E-state index in [-0.39, 0.29) is 12.5 Å². The molecule has 1 heterocycles. The van der Waals surface area contributed by atoms with Crippen molar-refractivity contribution in [2.75, 3.05) is 38.5 Å². The van der Waals surface area contributed by atoms with Crippen LogP contribution in [0.5, 0.6) is 0 Å².